The summed E-state index contributed by atoms with van der Waals surface area (Å²) in [4.78, 5) is 0.0631. The molecule has 1 aromatic rings. The maximum absolute atomic E-state index is 11.3. The Balaban J connectivity index is 2.94. The van der Waals surface area contributed by atoms with Gasteiger partial charge < -0.3 is 0 Å². The quantitative estimate of drug-likeness (QED) is 0.625. The van der Waals surface area contributed by atoms with Crippen LogP contribution in [0.3, 0.4) is 0 Å². The van der Waals surface area contributed by atoms with Gasteiger partial charge in [0.25, 0.3) is 10.1 Å². The molecule has 6 heteroatoms. The molecular weight excluding hydrogens is 317 g/mol. The highest BCUT2D eigenvalue weighted by Gasteiger charge is 2.13. The van der Waals surface area contributed by atoms with Gasteiger partial charge in [0.05, 0.1) is 11.0 Å². The van der Waals surface area contributed by atoms with E-state index in [1.165, 1.54) is 12.1 Å². The molecule has 0 fully saturated rings. The van der Waals surface area contributed by atoms with Crippen molar-refractivity contribution in [3.8, 4) is 6.07 Å². The third kappa shape index (κ3) is 2.94. The van der Waals surface area contributed by atoms with E-state index in [4.69, 9.17) is 5.26 Å². The fourth-order valence-electron chi connectivity index (χ4n) is 0.773. The lowest BCUT2D eigenvalue weighted by Crippen LogP contribution is -2.06. The van der Waals surface area contributed by atoms with Crippen molar-refractivity contribution in [2.75, 3.05) is 6.61 Å². The van der Waals surface area contributed by atoms with Crippen LogP contribution < -0.4 is 0 Å². The molecule has 0 unspecified atom stereocenters. The van der Waals surface area contributed by atoms with E-state index in [9.17, 15) is 8.42 Å². The van der Waals surface area contributed by atoms with Crippen molar-refractivity contribution in [1.29, 1.82) is 5.26 Å². The minimum absolute atomic E-state index is 0.0631. The average molecular weight is 323 g/mol. The van der Waals surface area contributed by atoms with Crippen molar-refractivity contribution in [3.05, 3.63) is 27.8 Å². The first kappa shape index (κ1) is 11.4. The molecule has 0 saturated heterocycles. The van der Waals surface area contributed by atoms with Crippen LogP contribution in [0.1, 0.15) is 0 Å². The van der Waals surface area contributed by atoms with E-state index in [0.717, 1.165) is 3.57 Å². The smallest absolute Gasteiger partial charge is 0.251 e. The summed E-state index contributed by atoms with van der Waals surface area (Å²) in [6.07, 6.45) is 0. The third-order valence-electron chi connectivity index (χ3n) is 1.38. The van der Waals surface area contributed by atoms with Crippen LogP contribution in [0.2, 0.25) is 0 Å². The Morgan fingerprint density at radius 1 is 1.36 bits per heavy atom. The number of benzene rings is 1. The zero-order valence-corrected chi connectivity index (χ0v) is 9.95. The summed E-state index contributed by atoms with van der Waals surface area (Å²) in [6.45, 7) is -0.464. The highest BCUT2D eigenvalue weighted by atomic mass is 127. The SMILES string of the molecule is N#CCOS(=O)(=O)c1ccc(I)cc1. The van der Waals surface area contributed by atoms with Gasteiger partial charge in [-0.05, 0) is 46.9 Å². The summed E-state index contributed by atoms with van der Waals surface area (Å²) >= 11 is 2.07. The number of nitrogens with zero attached hydrogens (tertiary/aromatic N) is 1. The van der Waals surface area contributed by atoms with Gasteiger partial charge in [-0.3, -0.25) is 4.18 Å². The van der Waals surface area contributed by atoms with E-state index < -0.39 is 16.7 Å². The Morgan fingerprint density at radius 3 is 2.43 bits per heavy atom. The molecule has 1 rings (SSSR count). The van der Waals surface area contributed by atoms with E-state index in [1.807, 2.05) is 0 Å². The summed E-state index contributed by atoms with van der Waals surface area (Å²) in [5.41, 5.74) is 0. The molecule has 74 valence electrons. The summed E-state index contributed by atoms with van der Waals surface area (Å²) < 4.78 is 28.0. The van der Waals surface area contributed by atoms with Gasteiger partial charge >= 0.3 is 0 Å². The van der Waals surface area contributed by atoms with E-state index in [1.54, 1.807) is 18.2 Å². The van der Waals surface area contributed by atoms with E-state index in [2.05, 4.69) is 26.8 Å². The van der Waals surface area contributed by atoms with Crippen molar-refractivity contribution in [2.24, 2.45) is 0 Å². The number of nitriles is 1. The molecule has 0 radical (unpaired) electrons. The van der Waals surface area contributed by atoms with Crippen LogP contribution in [0.4, 0.5) is 0 Å². The second-order valence-electron chi connectivity index (χ2n) is 2.33. The highest BCUT2D eigenvalue weighted by Crippen LogP contribution is 2.14. The van der Waals surface area contributed by atoms with E-state index in [-0.39, 0.29) is 4.90 Å². The molecule has 4 nitrogen and oxygen atoms in total. The molecule has 0 bridgehead atoms. The van der Waals surface area contributed by atoms with Gasteiger partial charge in [0.2, 0.25) is 0 Å². The van der Waals surface area contributed by atoms with Crippen LogP contribution in [0.25, 0.3) is 0 Å². The Hall–Kier alpha value is -0.650. The van der Waals surface area contributed by atoms with Crippen molar-refractivity contribution in [3.63, 3.8) is 0 Å². The van der Waals surface area contributed by atoms with Crippen LogP contribution in [-0.4, -0.2) is 15.0 Å². The van der Waals surface area contributed by atoms with Crippen molar-refractivity contribution in [2.45, 2.75) is 4.90 Å². The van der Waals surface area contributed by atoms with Crippen molar-refractivity contribution < 1.29 is 12.6 Å². The lowest BCUT2D eigenvalue weighted by molar-refractivity contribution is 0.361. The molecule has 1 aromatic carbocycles. The lowest BCUT2D eigenvalue weighted by Gasteiger charge is -2.01. The molecule has 0 N–H and O–H groups in total. The summed E-state index contributed by atoms with van der Waals surface area (Å²) in [6, 6.07) is 7.79. The number of rotatable bonds is 3. The molecule has 0 spiro atoms. The van der Waals surface area contributed by atoms with Gasteiger partial charge in [-0.1, -0.05) is 0 Å². The van der Waals surface area contributed by atoms with Crippen molar-refractivity contribution >= 4 is 32.7 Å². The molecule has 0 atom stereocenters. The van der Waals surface area contributed by atoms with Crippen LogP contribution in [-0.2, 0) is 14.3 Å². The van der Waals surface area contributed by atoms with Crippen LogP contribution >= 0.6 is 22.6 Å². The van der Waals surface area contributed by atoms with Crippen LogP contribution in [0.5, 0.6) is 0 Å². The fraction of sp³-hybridized carbons (Fsp3) is 0.125. The molecule has 14 heavy (non-hydrogen) atoms. The number of halogens is 1. The fourth-order valence-corrected chi connectivity index (χ4v) is 1.95. The van der Waals surface area contributed by atoms with Gasteiger partial charge in [-0.15, -0.1) is 0 Å². The molecular formula is C8H6INO3S. The van der Waals surface area contributed by atoms with Gasteiger partial charge in [-0.2, -0.15) is 13.7 Å². The minimum atomic E-state index is -3.77. The normalized spacial score (nSPS) is 10.9. The summed E-state index contributed by atoms with van der Waals surface area (Å²) in [5.74, 6) is 0. The topological polar surface area (TPSA) is 67.2 Å². The predicted octanol–water partition coefficient (Wildman–Crippen LogP) is 1.52. The largest absolute Gasteiger partial charge is 0.297 e. The molecule has 0 saturated carbocycles. The first-order valence-electron chi connectivity index (χ1n) is 3.58. The average Bonchev–Trinajstić information content (AvgIpc) is 2.16. The second-order valence-corrected chi connectivity index (χ2v) is 5.19. The zero-order chi connectivity index (χ0) is 10.6. The standard InChI is InChI=1S/C8H6INO3S/c9-7-1-3-8(4-2-7)14(11,12)13-6-5-10/h1-4H,6H2. The monoisotopic (exact) mass is 323 g/mol. The highest BCUT2D eigenvalue weighted by molar-refractivity contribution is 14.1. The van der Waals surface area contributed by atoms with Gasteiger partial charge in [-0.25, -0.2) is 0 Å². The first-order chi connectivity index (χ1) is 6.56. The number of hydrogen-bond donors (Lipinski definition) is 0. The first-order valence-corrected chi connectivity index (χ1v) is 6.07. The molecule has 0 aliphatic rings. The summed E-state index contributed by atoms with van der Waals surface area (Å²) in [5, 5.41) is 8.18. The van der Waals surface area contributed by atoms with Crippen molar-refractivity contribution in [1.82, 2.24) is 0 Å². The minimum Gasteiger partial charge on any atom is -0.251 e. The Morgan fingerprint density at radius 2 is 1.93 bits per heavy atom. The lowest BCUT2D eigenvalue weighted by atomic mass is 10.4. The second kappa shape index (κ2) is 4.72. The van der Waals surface area contributed by atoms with Gasteiger partial charge in [0, 0.05) is 3.57 Å². The molecule has 0 aliphatic heterocycles. The Labute approximate surface area is 95.8 Å². The Kier molecular flexibility index (Phi) is 3.86. The van der Waals surface area contributed by atoms with Gasteiger partial charge in [0.15, 0.2) is 6.61 Å². The molecule has 0 aliphatic carbocycles. The maximum atomic E-state index is 11.3. The van der Waals surface area contributed by atoms with Crippen LogP contribution in [0.15, 0.2) is 29.2 Å². The molecule has 0 heterocycles. The third-order valence-corrected chi connectivity index (χ3v) is 3.38. The molecule has 0 amide bonds. The van der Waals surface area contributed by atoms with E-state index in [0.29, 0.717) is 0 Å². The van der Waals surface area contributed by atoms with Crippen LogP contribution in [0, 0.1) is 14.9 Å². The van der Waals surface area contributed by atoms with E-state index >= 15 is 0 Å². The number of hydrogen-bond acceptors (Lipinski definition) is 4. The Bertz CT molecular complexity index is 446. The van der Waals surface area contributed by atoms with Gasteiger partial charge in [0.1, 0.15) is 0 Å². The zero-order valence-electron chi connectivity index (χ0n) is 6.97. The molecule has 0 aromatic heterocycles. The predicted molar refractivity (Wildman–Crippen MR) is 57.9 cm³/mol. The summed E-state index contributed by atoms with van der Waals surface area (Å²) in [7, 11) is -3.77. The maximum Gasteiger partial charge on any atom is 0.297 e.